The molecule has 0 radical (unpaired) electrons. The van der Waals surface area contributed by atoms with E-state index in [4.69, 9.17) is 4.74 Å². The molecule has 0 spiro atoms. The summed E-state index contributed by atoms with van der Waals surface area (Å²) in [7, 11) is 1.98. The number of thioether (sulfide) groups is 1. The summed E-state index contributed by atoms with van der Waals surface area (Å²) in [4.78, 5) is 4.24. The fourth-order valence-electron chi connectivity index (χ4n) is 1.54. The predicted octanol–water partition coefficient (Wildman–Crippen LogP) is 2.88. The van der Waals surface area contributed by atoms with Crippen LogP contribution in [0.5, 0.6) is 5.75 Å². The number of nitrogens with one attached hydrogen (secondary N) is 1. The van der Waals surface area contributed by atoms with E-state index in [2.05, 4.69) is 23.3 Å². The van der Waals surface area contributed by atoms with Gasteiger partial charge in [-0.05, 0) is 38.3 Å². The molecule has 0 saturated heterocycles. The Morgan fingerprint density at radius 1 is 1.41 bits per heavy atom. The molecule has 3 nitrogen and oxygen atoms in total. The fraction of sp³-hybridized carbons (Fsp3) is 0.615. The first kappa shape index (κ1) is 14.3. The molecule has 1 heterocycles. The first-order chi connectivity index (χ1) is 8.17. The Hall–Kier alpha value is -0.740. The zero-order chi connectivity index (χ0) is 12.7. The molecule has 0 aliphatic rings. The number of pyridine rings is 1. The molecule has 0 bridgehead atoms. The third kappa shape index (κ3) is 4.96. The lowest BCUT2D eigenvalue weighted by Gasteiger charge is -2.17. The van der Waals surface area contributed by atoms with Crippen LogP contribution in [-0.2, 0) is 0 Å². The van der Waals surface area contributed by atoms with Crippen molar-refractivity contribution in [2.75, 3.05) is 18.6 Å². The first-order valence-electron chi connectivity index (χ1n) is 6.04. The number of nitrogens with zero attached hydrogens (tertiary/aromatic N) is 1. The van der Waals surface area contributed by atoms with E-state index < -0.39 is 0 Å². The summed E-state index contributed by atoms with van der Waals surface area (Å²) in [5.74, 6) is 3.03. The van der Waals surface area contributed by atoms with Crippen molar-refractivity contribution in [1.82, 2.24) is 10.3 Å². The topological polar surface area (TPSA) is 34.2 Å². The van der Waals surface area contributed by atoms with Crippen molar-refractivity contribution in [2.45, 2.75) is 32.9 Å². The molecule has 17 heavy (non-hydrogen) atoms. The van der Waals surface area contributed by atoms with Gasteiger partial charge in [-0.1, -0.05) is 6.92 Å². The predicted molar refractivity (Wildman–Crippen MR) is 74.8 cm³/mol. The Balaban J connectivity index is 2.73. The second-order valence-electron chi connectivity index (χ2n) is 4.12. The monoisotopic (exact) mass is 254 g/mol. The number of hydrogen-bond donors (Lipinski definition) is 1. The van der Waals surface area contributed by atoms with E-state index in [1.165, 1.54) is 5.56 Å². The lowest BCUT2D eigenvalue weighted by atomic mass is 10.1. The van der Waals surface area contributed by atoms with E-state index in [1.807, 2.05) is 38.9 Å². The molecule has 1 unspecified atom stereocenters. The Bertz CT molecular complexity index is 331. The Labute approximate surface area is 108 Å². The van der Waals surface area contributed by atoms with Crippen LogP contribution in [0, 0.1) is 0 Å². The van der Waals surface area contributed by atoms with Crippen LogP contribution < -0.4 is 10.1 Å². The molecule has 1 N–H and O–H groups in total. The quantitative estimate of drug-likeness (QED) is 0.811. The van der Waals surface area contributed by atoms with Crippen molar-refractivity contribution in [1.29, 1.82) is 0 Å². The van der Waals surface area contributed by atoms with Gasteiger partial charge in [0.05, 0.1) is 12.3 Å². The molecule has 0 aliphatic heterocycles. The molecule has 0 fully saturated rings. The van der Waals surface area contributed by atoms with Gasteiger partial charge in [-0.3, -0.25) is 4.98 Å². The third-order valence-electron chi connectivity index (χ3n) is 2.35. The molecular formula is C13H22N2OS. The van der Waals surface area contributed by atoms with Gasteiger partial charge >= 0.3 is 0 Å². The Morgan fingerprint density at radius 3 is 2.76 bits per heavy atom. The lowest BCUT2D eigenvalue weighted by molar-refractivity contribution is 0.241. The van der Waals surface area contributed by atoms with Crippen LogP contribution in [0.2, 0.25) is 0 Å². The summed E-state index contributed by atoms with van der Waals surface area (Å²) < 4.78 is 5.66. The van der Waals surface area contributed by atoms with Crippen LogP contribution in [0.15, 0.2) is 18.5 Å². The second-order valence-corrected chi connectivity index (χ2v) is 5.44. The summed E-state index contributed by atoms with van der Waals surface area (Å²) in [5.41, 5.74) is 1.19. The molecule has 96 valence electrons. The second kappa shape index (κ2) is 7.56. The molecule has 0 aromatic carbocycles. The van der Waals surface area contributed by atoms with Crippen molar-refractivity contribution < 1.29 is 4.74 Å². The average molecular weight is 254 g/mol. The van der Waals surface area contributed by atoms with Crippen LogP contribution in [0.25, 0.3) is 0 Å². The van der Waals surface area contributed by atoms with Crippen LogP contribution >= 0.6 is 11.8 Å². The molecule has 0 amide bonds. The average Bonchev–Trinajstić information content (AvgIpc) is 2.30. The van der Waals surface area contributed by atoms with E-state index in [-0.39, 0.29) is 6.10 Å². The molecule has 4 heteroatoms. The maximum absolute atomic E-state index is 5.66. The third-order valence-corrected chi connectivity index (χ3v) is 3.32. The molecule has 1 aromatic heterocycles. The van der Waals surface area contributed by atoms with Crippen LogP contribution in [0.1, 0.15) is 32.4 Å². The van der Waals surface area contributed by atoms with Crippen molar-refractivity contribution in [3.63, 3.8) is 0 Å². The minimum Gasteiger partial charge on any atom is -0.489 e. The Morgan fingerprint density at radius 2 is 2.18 bits per heavy atom. The molecule has 1 atom stereocenters. The summed E-state index contributed by atoms with van der Waals surface area (Å²) in [6, 6.07) is 2.41. The van der Waals surface area contributed by atoms with Gasteiger partial charge in [0, 0.05) is 18.0 Å². The normalized spacial score (nSPS) is 12.8. The molecule has 0 saturated carbocycles. The lowest BCUT2D eigenvalue weighted by Crippen LogP contribution is -2.19. The van der Waals surface area contributed by atoms with E-state index in [0.717, 1.165) is 17.3 Å². The zero-order valence-electron chi connectivity index (χ0n) is 11.1. The number of rotatable bonds is 7. The van der Waals surface area contributed by atoms with Gasteiger partial charge in [0.1, 0.15) is 5.75 Å². The van der Waals surface area contributed by atoms with Crippen LogP contribution in [0.3, 0.4) is 0 Å². The maximum Gasteiger partial charge on any atom is 0.138 e. The smallest absolute Gasteiger partial charge is 0.138 e. The van der Waals surface area contributed by atoms with E-state index >= 15 is 0 Å². The zero-order valence-corrected chi connectivity index (χ0v) is 11.9. The highest BCUT2D eigenvalue weighted by molar-refractivity contribution is 7.99. The number of ether oxygens (including phenoxy) is 1. The SMILES string of the molecule is CCSCC(NC)c1cncc(OC(C)C)c1. The van der Waals surface area contributed by atoms with Gasteiger partial charge in [0.25, 0.3) is 0 Å². The number of aromatic nitrogens is 1. The highest BCUT2D eigenvalue weighted by Gasteiger charge is 2.10. The van der Waals surface area contributed by atoms with Crippen molar-refractivity contribution in [3.05, 3.63) is 24.0 Å². The summed E-state index contributed by atoms with van der Waals surface area (Å²) in [6.45, 7) is 6.22. The van der Waals surface area contributed by atoms with Gasteiger partial charge in [-0.15, -0.1) is 0 Å². The number of hydrogen-bond acceptors (Lipinski definition) is 4. The maximum atomic E-state index is 5.66. The molecule has 1 aromatic rings. The highest BCUT2D eigenvalue weighted by atomic mass is 32.2. The molecule has 0 aliphatic carbocycles. The van der Waals surface area contributed by atoms with Crippen molar-refractivity contribution in [3.8, 4) is 5.75 Å². The van der Waals surface area contributed by atoms with E-state index in [9.17, 15) is 0 Å². The standard InChI is InChI=1S/C13H22N2OS/c1-5-17-9-13(14-4)11-6-12(8-15-7-11)16-10(2)3/h6-8,10,13-14H,5,9H2,1-4H3. The van der Waals surface area contributed by atoms with Crippen molar-refractivity contribution >= 4 is 11.8 Å². The van der Waals surface area contributed by atoms with Crippen molar-refractivity contribution in [2.24, 2.45) is 0 Å². The fourth-order valence-corrected chi connectivity index (χ4v) is 2.38. The van der Waals surface area contributed by atoms with Gasteiger partial charge in [-0.25, -0.2) is 0 Å². The largest absolute Gasteiger partial charge is 0.489 e. The van der Waals surface area contributed by atoms with E-state index in [1.54, 1.807) is 6.20 Å². The molecular weight excluding hydrogens is 232 g/mol. The Kier molecular flexibility index (Phi) is 6.37. The minimum atomic E-state index is 0.185. The summed E-state index contributed by atoms with van der Waals surface area (Å²) in [5, 5.41) is 3.32. The van der Waals surface area contributed by atoms with Gasteiger partial charge in [0.2, 0.25) is 0 Å². The highest BCUT2D eigenvalue weighted by Crippen LogP contribution is 2.21. The first-order valence-corrected chi connectivity index (χ1v) is 7.19. The van der Waals surface area contributed by atoms with Crippen LogP contribution in [-0.4, -0.2) is 29.6 Å². The van der Waals surface area contributed by atoms with E-state index in [0.29, 0.717) is 6.04 Å². The van der Waals surface area contributed by atoms with Gasteiger partial charge < -0.3 is 10.1 Å². The summed E-state index contributed by atoms with van der Waals surface area (Å²) in [6.07, 6.45) is 3.86. The van der Waals surface area contributed by atoms with Gasteiger partial charge in [0.15, 0.2) is 0 Å². The van der Waals surface area contributed by atoms with Crippen LogP contribution in [0.4, 0.5) is 0 Å². The minimum absolute atomic E-state index is 0.185. The van der Waals surface area contributed by atoms with Gasteiger partial charge in [-0.2, -0.15) is 11.8 Å². The molecule has 1 rings (SSSR count). The summed E-state index contributed by atoms with van der Waals surface area (Å²) >= 11 is 1.92.